The molecule has 0 spiro atoms. The van der Waals surface area contributed by atoms with E-state index in [0.717, 1.165) is 22.2 Å². The molecule has 2 rings (SSSR count). The van der Waals surface area contributed by atoms with Gasteiger partial charge in [0.1, 0.15) is 5.82 Å². The Hall–Kier alpha value is -1.40. The van der Waals surface area contributed by atoms with Crippen molar-refractivity contribution in [3.8, 4) is 0 Å². The van der Waals surface area contributed by atoms with Gasteiger partial charge < -0.3 is 5.32 Å². The number of halogens is 5. The average Bonchev–Trinajstić information content (AvgIpc) is 2.40. The first-order valence-electron chi connectivity index (χ1n) is 6.13. The van der Waals surface area contributed by atoms with Crippen LogP contribution in [0.4, 0.5) is 17.6 Å². The Bertz CT molecular complexity index is 640. The van der Waals surface area contributed by atoms with Gasteiger partial charge in [0.2, 0.25) is 0 Å². The average molecular weight is 362 g/mol. The summed E-state index contributed by atoms with van der Waals surface area (Å²) in [7, 11) is 1.67. The molecule has 0 aliphatic carbocycles. The van der Waals surface area contributed by atoms with Gasteiger partial charge in [-0.2, -0.15) is 13.2 Å². The monoisotopic (exact) mass is 361 g/mol. The fourth-order valence-corrected chi connectivity index (χ4v) is 2.67. The summed E-state index contributed by atoms with van der Waals surface area (Å²) in [5.41, 5.74) is -0.0118. The summed E-state index contributed by atoms with van der Waals surface area (Å²) < 4.78 is 52.3. The number of rotatable bonds is 3. The van der Waals surface area contributed by atoms with E-state index in [1.54, 1.807) is 7.05 Å². The number of hydrogen-bond donors (Lipinski definition) is 1. The molecule has 6 heteroatoms. The molecule has 1 atom stereocenters. The maximum atomic E-state index is 13.7. The Balaban J connectivity index is 2.45. The predicted octanol–water partition coefficient (Wildman–Crippen LogP) is 4.92. The van der Waals surface area contributed by atoms with Crippen molar-refractivity contribution in [2.45, 2.75) is 12.2 Å². The van der Waals surface area contributed by atoms with Crippen LogP contribution >= 0.6 is 15.9 Å². The summed E-state index contributed by atoms with van der Waals surface area (Å²) in [4.78, 5) is 0. The molecular formula is C15H12BrF4N. The highest BCUT2D eigenvalue weighted by Gasteiger charge is 2.34. The second-order valence-electron chi connectivity index (χ2n) is 4.48. The van der Waals surface area contributed by atoms with Crippen molar-refractivity contribution in [2.24, 2.45) is 0 Å². The molecule has 0 aliphatic rings. The predicted molar refractivity (Wildman–Crippen MR) is 76.4 cm³/mol. The van der Waals surface area contributed by atoms with E-state index in [2.05, 4.69) is 21.2 Å². The molecule has 0 saturated heterocycles. The Morgan fingerprint density at radius 3 is 2.29 bits per heavy atom. The van der Waals surface area contributed by atoms with Crippen LogP contribution in [0.1, 0.15) is 22.7 Å². The Morgan fingerprint density at radius 2 is 1.76 bits per heavy atom. The first-order chi connectivity index (χ1) is 9.84. The normalized spacial score (nSPS) is 13.2. The number of hydrogen-bond acceptors (Lipinski definition) is 1. The minimum absolute atomic E-state index is 0.405. The van der Waals surface area contributed by atoms with E-state index in [-0.39, 0.29) is 0 Å². The fourth-order valence-electron chi connectivity index (χ4n) is 2.15. The second kappa shape index (κ2) is 6.15. The Kier molecular flexibility index (Phi) is 4.68. The second-order valence-corrected chi connectivity index (χ2v) is 5.33. The zero-order chi connectivity index (χ0) is 15.6. The highest BCUT2D eigenvalue weighted by molar-refractivity contribution is 9.10. The molecule has 0 fully saturated rings. The number of alkyl halides is 3. The van der Waals surface area contributed by atoms with Crippen LogP contribution < -0.4 is 5.32 Å². The van der Waals surface area contributed by atoms with Crippen molar-refractivity contribution in [3.05, 3.63) is 69.4 Å². The molecule has 1 unspecified atom stereocenters. The van der Waals surface area contributed by atoms with Crippen LogP contribution in [0.5, 0.6) is 0 Å². The van der Waals surface area contributed by atoms with Gasteiger partial charge >= 0.3 is 6.18 Å². The van der Waals surface area contributed by atoms with Gasteiger partial charge in [0, 0.05) is 4.47 Å². The first-order valence-corrected chi connectivity index (χ1v) is 6.92. The van der Waals surface area contributed by atoms with E-state index < -0.39 is 23.6 Å². The molecule has 0 amide bonds. The van der Waals surface area contributed by atoms with Gasteiger partial charge in [-0.05, 0) is 36.4 Å². The van der Waals surface area contributed by atoms with Gasteiger partial charge in [-0.1, -0.05) is 40.2 Å². The molecule has 0 aromatic heterocycles. The number of nitrogens with one attached hydrogen (secondary N) is 1. The molecule has 112 valence electrons. The van der Waals surface area contributed by atoms with Gasteiger partial charge in [0.05, 0.1) is 11.6 Å². The molecule has 2 aromatic carbocycles. The standard InChI is InChI=1S/C15H12BrF4N/c1-21-14(10-4-2-3-5-12(10)16)9-6-7-11(13(17)8-9)15(18,19)20/h2-8,14,21H,1H3. The van der Waals surface area contributed by atoms with E-state index >= 15 is 0 Å². The molecule has 2 aromatic rings. The summed E-state index contributed by atoms with van der Waals surface area (Å²) in [5.74, 6) is -1.27. The van der Waals surface area contributed by atoms with Crippen LogP contribution in [0.2, 0.25) is 0 Å². The quantitative estimate of drug-likeness (QED) is 0.765. The van der Waals surface area contributed by atoms with Crippen molar-refractivity contribution in [1.29, 1.82) is 0 Å². The van der Waals surface area contributed by atoms with E-state index in [1.165, 1.54) is 6.07 Å². The van der Waals surface area contributed by atoms with Crippen molar-refractivity contribution in [3.63, 3.8) is 0 Å². The summed E-state index contributed by atoms with van der Waals surface area (Å²) in [6, 6.07) is 9.85. The van der Waals surface area contributed by atoms with Gasteiger partial charge in [0.25, 0.3) is 0 Å². The minimum Gasteiger partial charge on any atom is -0.309 e. The lowest BCUT2D eigenvalue weighted by atomic mass is 9.97. The van der Waals surface area contributed by atoms with Crippen LogP contribution in [0.25, 0.3) is 0 Å². The van der Waals surface area contributed by atoms with E-state index in [1.807, 2.05) is 24.3 Å². The maximum Gasteiger partial charge on any atom is 0.419 e. The largest absolute Gasteiger partial charge is 0.419 e. The van der Waals surface area contributed by atoms with Crippen molar-refractivity contribution < 1.29 is 17.6 Å². The Morgan fingerprint density at radius 1 is 1.10 bits per heavy atom. The first kappa shape index (κ1) is 16.0. The maximum absolute atomic E-state index is 13.7. The van der Waals surface area contributed by atoms with Crippen LogP contribution in [0.15, 0.2) is 46.9 Å². The van der Waals surface area contributed by atoms with Crippen molar-refractivity contribution in [2.75, 3.05) is 7.05 Å². The van der Waals surface area contributed by atoms with Crippen molar-refractivity contribution >= 4 is 15.9 Å². The Labute approximate surface area is 128 Å². The lowest BCUT2D eigenvalue weighted by Crippen LogP contribution is -2.19. The molecule has 0 heterocycles. The lowest BCUT2D eigenvalue weighted by molar-refractivity contribution is -0.140. The minimum atomic E-state index is -4.69. The van der Waals surface area contributed by atoms with Gasteiger partial charge in [-0.15, -0.1) is 0 Å². The summed E-state index contributed by atoms with van der Waals surface area (Å²) in [6.45, 7) is 0. The summed E-state index contributed by atoms with van der Waals surface area (Å²) >= 11 is 3.39. The molecule has 21 heavy (non-hydrogen) atoms. The lowest BCUT2D eigenvalue weighted by Gasteiger charge is -2.19. The molecule has 0 saturated carbocycles. The summed E-state index contributed by atoms with van der Waals surface area (Å²) in [6.07, 6.45) is -4.69. The zero-order valence-corrected chi connectivity index (χ0v) is 12.6. The number of benzene rings is 2. The SMILES string of the molecule is CNC(c1ccc(C(F)(F)F)c(F)c1)c1ccccc1Br. The van der Waals surface area contributed by atoms with E-state index in [9.17, 15) is 17.6 Å². The molecule has 0 aliphatic heterocycles. The van der Waals surface area contributed by atoms with Crippen LogP contribution in [0.3, 0.4) is 0 Å². The van der Waals surface area contributed by atoms with Crippen LogP contribution in [0, 0.1) is 5.82 Å². The molecule has 0 bridgehead atoms. The van der Waals surface area contributed by atoms with Gasteiger partial charge in [-0.25, -0.2) is 4.39 Å². The zero-order valence-electron chi connectivity index (χ0n) is 11.0. The topological polar surface area (TPSA) is 12.0 Å². The van der Waals surface area contributed by atoms with Gasteiger partial charge in [-0.3, -0.25) is 0 Å². The van der Waals surface area contributed by atoms with E-state index in [0.29, 0.717) is 5.56 Å². The third-order valence-corrected chi connectivity index (χ3v) is 3.86. The molecular weight excluding hydrogens is 350 g/mol. The third kappa shape index (κ3) is 3.44. The fraction of sp³-hybridized carbons (Fsp3) is 0.200. The van der Waals surface area contributed by atoms with E-state index in [4.69, 9.17) is 0 Å². The van der Waals surface area contributed by atoms with Gasteiger partial charge in [0.15, 0.2) is 0 Å². The molecule has 1 N–H and O–H groups in total. The third-order valence-electron chi connectivity index (χ3n) is 3.14. The molecule has 1 nitrogen and oxygen atoms in total. The highest BCUT2D eigenvalue weighted by atomic mass is 79.9. The smallest absolute Gasteiger partial charge is 0.309 e. The summed E-state index contributed by atoms with van der Waals surface area (Å²) in [5, 5.41) is 2.98. The van der Waals surface area contributed by atoms with Crippen LogP contribution in [-0.2, 0) is 6.18 Å². The molecule has 0 radical (unpaired) electrons. The highest BCUT2D eigenvalue weighted by Crippen LogP contribution is 2.34. The van der Waals surface area contributed by atoms with Crippen LogP contribution in [-0.4, -0.2) is 7.05 Å². The van der Waals surface area contributed by atoms with Crippen molar-refractivity contribution in [1.82, 2.24) is 5.32 Å².